The summed E-state index contributed by atoms with van der Waals surface area (Å²) in [7, 11) is 0. The van der Waals surface area contributed by atoms with Crippen molar-refractivity contribution in [3.05, 3.63) is 0 Å². The molecule has 16 heavy (non-hydrogen) atoms. The van der Waals surface area contributed by atoms with Crippen molar-refractivity contribution in [1.82, 2.24) is 0 Å². The maximum atomic E-state index is 10.6. The molecule has 0 heterocycles. The van der Waals surface area contributed by atoms with Crippen LogP contribution in [-0.4, -0.2) is 10.7 Å². The van der Waals surface area contributed by atoms with Gasteiger partial charge >= 0.3 is 0 Å². The molecule has 1 unspecified atom stereocenters. The molecule has 1 aliphatic carbocycles. The minimum Gasteiger partial charge on any atom is -0.390 e. The van der Waals surface area contributed by atoms with Crippen LogP contribution in [0.3, 0.4) is 0 Å². The van der Waals surface area contributed by atoms with Gasteiger partial charge in [0.1, 0.15) is 0 Å². The van der Waals surface area contributed by atoms with Crippen LogP contribution in [0.25, 0.3) is 0 Å². The maximum Gasteiger partial charge on any atom is 0.0648 e. The van der Waals surface area contributed by atoms with Gasteiger partial charge < -0.3 is 5.11 Å². The predicted octanol–water partition coefficient (Wildman–Crippen LogP) is 4.53. The molecule has 0 spiro atoms. The van der Waals surface area contributed by atoms with Crippen LogP contribution in [0.1, 0.15) is 79.1 Å². The van der Waals surface area contributed by atoms with E-state index in [1.165, 1.54) is 32.1 Å². The second kappa shape index (κ2) is 5.53. The molecule has 1 atom stereocenters. The molecule has 96 valence electrons. The summed E-state index contributed by atoms with van der Waals surface area (Å²) in [6.45, 7) is 9.21. The second-order valence-corrected chi connectivity index (χ2v) is 7.03. The molecule has 1 N–H and O–H groups in total. The van der Waals surface area contributed by atoms with Gasteiger partial charge in [-0.05, 0) is 43.4 Å². The lowest BCUT2D eigenvalue weighted by molar-refractivity contribution is 0.0110. The van der Waals surface area contributed by atoms with Gasteiger partial charge in [0.2, 0.25) is 0 Å². The summed E-state index contributed by atoms with van der Waals surface area (Å²) in [5.41, 5.74) is 0.102. The van der Waals surface area contributed by atoms with Gasteiger partial charge in [0.25, 0.3) is 0 Å². The zero-order valence-electron chi connectivity index (χ0n) is 11.7. The highest BCUT2D eigenvalue weighted by atomic mass is 16.3. The monoisotopic (exact) mass is 226 g/mol. The Morgan fingerprint density at radius 2 is 1.75 bits per heavy atom. The van der Waals surface area contributed by atoms with Crippen molar-refractivity contribution in [2.24, 2.45) is 11.3 Å². The lowest BCUT2D eigenvalue weighted by atomic mass is 9.83. The van der Waals surface area contributed by atoms with Crippen LogP contribution < -0.4 is 0 Å². The molecule has 0 aromatic carbocycles. The molecule has 1 nitrogen and oxygen atoms in total. The molecule has 1 fully saturated rings. The minimum absolute atomic E-state index is 0.345. The largest absolute Gasteiger partial charge is 0.390 e. The Kier molecular flexibility index (Phi) is 4.85. The average Bonchev–Trinajstić information content (AvgIpc) is 2.26. The minimum atomic E-state index is -0.345. The smallest absolute Gasteiger partial charge is 0.0648 e. The molecule has 0 amide bonds. The van der Waals surface area contributed by atoms with E-state index in [2.05, 4.69) is 27.7 Å². The summed E-state index contributed by atoms with van der Waals surface area (Å²) in [4.78, 5) is 0. The van der Waals surface area contributed by atoms with Crippen molar-refractivity contribution in [2.45, 2.75) is 84.7 Å². The molecule has 1 aliphatic rings. The normalized spacial score (nSPS) is 30.4. The van der Waals surface area contributed by atoms with Gasteiger partial charge in [0.05, 0.1) is 5.60 Å². The fourth-order valence-electron chi connectivity index (χ4n) is 2.81. The van der Waals surface area contributed by atoms with Gasteiger partial charge in [0.15, 0.2) is 0 Å². The molecule has 0 radical (unpaired) electrons. The Morgan fingerprint density at radius 3 is 2.38 bits per heavy atom. The first-order chi connectivity index (χ1) is 7.33. The topological polar surface area (TPSA) is 20.2 Å². The molecule has 1 rings (SSSR count). The third-order valence-corrected chi connectivity index (χ3v) is 4.19. The zero-order valence-corrected chi connectivity index (χ0v) is 11.7. The Morgan fingerprint density at radius 1 is 1.06 bits per heavy atom. The SMILES string of the molecule is CC(C)CCCC1(O)CCCC(C)(C)CC1. The summed E-state index contributed by atoms with van der Waals surface area (Å²) in [5.74, 6) is 0.769. The first kappa shape index (κ1) is 14.0. The lowest BCUT2D eigenvalue weighted by Gasteiger charge is -2.28. The van der Waals surface area contributed by atoms with Gasteiger partial charge in [-0.15, -0.1) is 0 Å². The van der Waals surface area contributed by atoms with Gasteiger partial charge in [-0.3, -0.25) is 0 Å². The standard InChI is InChI=1S/C15H30O/c1-13(2)7-5-9-15(16)10-6-8-14(3,4)11-12-15/h13,16H,5-12H2,1-4H3. The van der Waals surface area contributed by atoms with E-state index in [0.717, 1.165) is 25.2 Å². The quantitative estimate of drug-likeness (QED) is 0.698. The summed E-state index contributed by atoms with van der Waals surface area (Å²) >= 11 is 0. The number of hydrogen-bond acceptors (Lipinski definition) is 1. The fourth-order valence-corrected chi connectivity index (χ4v) is 2.81. The van der Waals surface area contributed by atoms with E-state index in [-0.39, 0.29) is 5.60 Å². The maximum absolute atomic E-state index is 10.6. The molecule has 0 aromatic heterocycles. The molecular formula is C15H30O. The average molecular weight is 226 g/mol. The lowest BCUT2D eigenvalue weighted by Crippen LogP contribution is -2.28. The summed E-state index contributed by atoms with van der Waals surface area (Å²) < 4.78 is 0. The van der Waals surface area contributed by atoms with E-state index < -0.39 is 0 Å². The van der Waals surface area contributed by atoms with Crippen LogP contribution in [0.15, 0.2) is 0 Å². The van der Waals surface area contributed by atoms with E-state index in [1.54, 1.807) is 0 Å². The second-order valence-electron chi connectivity index (χ2n) is 7.03. The van der Waals surface area contributed by atoms with E-state index in [0.29, 0.717) is 5.41 Å². The molecule has 1 heteroatoms. The Balaban J connectivity index is 2.38. The predicted molar refractivity (Wildman–Crippen MR) is 70.5 cm³/mol. The van der Waals surface area contributed by atoms with Crippen molar-refractivity contribution in [2.75, 3.05) is 0 Å². The van der Waals surface area contributed by atoms with E-state index >= 15 is 0 Å². The van der Waals surface area contributed by atoms with Crippen LogP contribution in [0.4, 0.5) is 0 Å². The van der Waals surface area contributed by atoms with Crippen molar-refractivity contribution < 1.29 is 5.11 Å². The first-order valence-corrected chi connectivity index (χ1v) is 7.05. The van der Waals surface area contributed by atoms with E-state index in [4.69, 9.17) is 0 Å². The Labute approximate surface area is 102 Å². The van der Waals surface area contributed by atoms with Gasteiger partial charge in [-0.1, -0.05) is 47.0 Å². The van der Waals surface area contributed by atoms with Gasteiger partial charge in [0, 0.05) is 0 Å². The van der Waals surface area contributed by atoms with Crippen LogP contribution in [0.2, 0.25) is 0 Å². The molecular weight excluding hydrogens is 196 g/mol. The summed E-state index contributed by atoms with van der Waals surface area (Å²) in [6, 6.07) is 0. The third kappa shape index (κ3) is 4.86. The first-order valence-electron chi connectivity index (χ1n) is 7.05. The fraction of sp³-hybridized carbons (Fsp3) is 1.00. The van der Waals surface area contributed by atoms with E-state index in [1.807, 2.05) is 0 Å². The van der Waals surface area contributed by atoms with Crippen LogP contribution in [-0.2, 0) is 0 Å². The number of aliphatic hydroxyl groups is 1. The molecule has 0 aromatic rings. The summed E-state index contributed by atoms with van der Waals surface area (Å²) in [5, 5.41) is 10.6. The van der Waals surface area contributed by atoms with Crippen molar-refractivity contribution in [3.63, 3.8) is 0 Å². The highest BCUT2D eigenvalue weighted by Crippen LogP contribution is 2.40. The van der Waals surface area contributed by atoms with Crippen molar-refractivity contribution in [1.29, 1.82) is 0 Å². The highest BCUT2D eigenvalue weighted by Gasteiger charge is 2.33. The Bertz CT molecular complexity index is 207. The number of hydrogen-bond donors (Lipinski definition) is 1. The molecule has 0 saturated heterocycles. The Hall–Kier alpha value is -0.0400. The third-order valence-electron chi connectivity index (χ3n) is 4.19. The summed E-state index contributed by atoms with van der Waals surface area (Å²) in [6.07, 6.45) is 9.16. The van der Waals surface area contributed by atoms with Crippen LogP contribution >= 0.6 is 0 Å². The molecule has 0 aliphatic heterocycles. The van der Waals surface area contributed by atoms with Crippen LogP contribution in [0, 0.1) is 11.3 Å². The van der Waals surface area contributed by atoms with Gasteiger partial charge in [-0.25, -0.2) is 0 Å². The zero-order chi connectivity index (χ0) is 12.2. The molecule has 0 bridgehead atoms. The van der Waals surface area contributed by atoms with Crippen molar-refractivity contribution in [3.8, 4) is 0 Å². The highest BCUT2D eigenvalue weighted by molar-refractivity contribution is 4.86. The van der Waals surface area contributed by atoms with E-state index in [9.17, 15) is 5.11 Å². The molecule has 1 saturated carbocycles. The number of rotatable bonds is 4. The van der Waals surface area contributed by atoms with Crippen LogP contribution in [0.5, 0.6) is 0 Å². The van der Waals surface area contributed by atoms with Crippen molar-refractivity contribution >= 4 is 0 Å². The van der Waals surface area contributed by atoms with Gasteiger partial charge in [-0.2, -0.15) is 0 Å².